The topological polar surface area (TPSA) is 480 Å². The summed E-state index contributed by atoms with van der Waals surface area (Å²) in [5, 5.41) is 139. The van der Waals surface area contributed by atoms with Gasteiger partial charge in [0.25, 0.3) is 0 Å². The Bertz CT molecular complexity index is 2850. The molecule has 22 heteroatoms. The molecule has 0 aliphatic heterocycles. The Morgan fingerprint density at radius 2 is 0.526 bits per heavy atom. The van der Waals surface area contributed by atoms with Gasteiger partial charge in [0, 0.05) is 36.0 Å². The highest BCUT2D eigenvalue weighted by Gasteiger charge is 2.01. The van der Waals surface area contributed by atoms with Gasteiger partial charge in [-0.25, -0.2) is 0 Å². The predicted molar refractivity (Wildman–Crippen MR) is 291 cm³/mol. The normalized spacial score (nSPS) is 9.16. The van der Waals surface area contributed by atoms with Gasteiger partial charge in [-0.2, -0.15) is 0 Å². The van der Waals surface area contributed by atoms with Gasteiger partial charge in [-0.05, 0) is 115 Å². The average molecular weight is 1050 g/mol. The predicted octanol–water partition coefficient (Wildman–Crippen LogP) is 7.96. The largest absolute Gasteiger partial charge is 0.508 e. The highest BCUT2D eigenvalue weighted by molar-refractivity contribution is 5.76. The summed E-state index contributed by atoms with van der Waals surface area (Å²) in [6, 6.07) is 47.6. The van der Waals surface area contributed by atoms with Crippen LogP contribution in [0.2, 0.25) is 0 Å². The van der Waals surface area contributed by atoms with Crippen LogP contribution in [0, 0.1) is 0 Å². The van der Waals surface area contributed by atoms with Crippen LogP contribution in [0.3, 0.4) is 0 Å². The van der Waals surface area contributed by atoms with Crippen molar-refractivity contribution in [1.82, 2.24) is 0 Å². The molecule has 0 aliphatic carbocycles. The van der Waals surface area contributed by atoms with Crippen molar-refractivity contribution in [2.24, 2.45) is 0 Å². The molecule has 0 spiro atoms. The van der Waals surface area contributed by atoms with Gasteiger partial charge in [0.1, 0.15) is 51.7 Å². The molecule has 0 fully saturated rings. The van der Waals surface area contributed by atoms with Crippen molar-refractivity contribution in [3.8, 4) is 92.0 Å². The minimum Gasteiger partial charge on any atom is -0.508 e. The molecule has 0 aliphatic rings. The molecule has 402 valence electrons. The molecule has 0 saturated heterocycles. The molecular formula is C54H60N6O16. The molecule has 22 nitrogen and oxygen atoms in total. The Kier molecular flexibility index (Phi) is 27.4. The fourth-order valence-corrected chi connectivity index (χ4v) is 4.64. The van der Waals surface area contributed by atoms with Crippen molar-refractivity contribution in [2.45, 2.75) is 0 Å². The SMILES string of the molecule is Nc1ccc(N)c(N)c1.Nc1cccc(N)c1N.Oc1cc(O)cc(O)c1.Oc1ccc(O)c(O)c1.Oc1ccc(O)cc1.Oc1cccc(O)c1.Oc1cccc(O)c1O.Oc1ccccc1.Oc1ccccc1O. The number of rotatable bonds is 0. The van der Waals surface area contributed by atoms with Gasteiger partial charge in [0.15, 0.2) is 40.2 Å². The molecule has 76 heavy (non-hydrogen) atoms. The summed E-state index contributed by atoms with van der Waals surface area (Å²) >= 11 is 0. The number of phenolic OH excluding ortho intramolecular Hbond substituents is 16. The zero-order valence-electron chi connectivity index (χ0n) is 40.1. The summed E-state index contributed by atoms with van der Waals surface area (Å²) in [5.41, 5.74) is 35.8. The molecule has 0 bridgehead atoms. The van der Waals surface area contributed by atoms with E-state index in [1.54, 1.807) is 78.9 Å². The minimum absolute atomic E-state index is 0.0645. The number of phenols is 16. The molecule has 0 unspecified atom stereocenters. The maximum absolute atomic E-state index is 8.71. The van der Waals surface area contributed by atoms with Crippen LogP contribution >= 0.6 is 0 Å². The first-order valence-corrected chi connectivity index (χ1v) is 21.4. The molecule has 9 aromatic carbocycles. The van der Waals surface area contributed by atoms with Crippen LogP contribution in [0.25, 0.3) is 0 Å². The third kappa shape index (κ3) is 27.1. The van der Waals surface area contributed by atoms with E-state index in [1.165, 1.54) is 84.9 Å². The molecule has 9 rings (SSSR count). The van der Waals surface area contributed by atoms with Gasteiger partial charge < -0.3 is 116 Å². The number of nitrogen functional groups attached to an aromatic ring is 6. The zero-order chi connectivity index (χ0) is 57.3. The van der Waals surface area contributed by atoms with Crippen LogP contribution in [0.5, 0.6) is 92.0 Å². The van der Waals surface area contributed by atoms with Crippen molar-refractivity contribution in [3.05, 3.63) is 194 Å². The summed E-state index contributed by atoms with van der Waals surface area (Å²) in [7, 11) is 0. The first-order valence-electron chi connectivity index (χ1n) is 21.4. The molecular weight excluding hydrogens is 989 g/mol. The molecule has 0 amide bonds. The second-order valence-corrected chi connectivity index (χ2v) is 14.6. The van der Waals surface area contributed by atoms with Crippen LogP contribution < -0.4 is 34.4 Å². The van der Waals surface area contributed by atoms with Crippen LogP contribution in [0.4, 0.5) is 34.1 Å². The van der Waals surface area contributed by atoms with E-state index in [0.717, 1.165) is 24.3 Å². The van der Waals surface area contributed by atoms with Crippen molar-refractivity contribution in [1.29, 1.82) is 0 Å². The zero-order valence-corrected chi connectivity index (χ0v) is 40.1. The number of nitrogens with two attached hydrogens (primary N) is 6. The summed E-state index contributed by atoms with van der Waals surface area (Å²) < 4.78 is 0. The lowest BCUT2D eigenvalue weighted by molar-refractivity contribution is 0.368. The summed E-state index contributed by atoms with van der Waals surface area (Å²) in [5.74, 6) is -1.45. The quantitative estimate of drug-likeness (QED) is 0.0389. The van der Waals surface area contributed by atoms with E-state index in [2.05, 4.69) is 0 Å². The fraction of sp³-hybridized carbons (Fsp3) is 0. The van der Waals surface area contributed by atoms with Gasteiger partial charge in [0.05, 0.1) is 28.4 Å². The van der Waals surface area contributed by atoms with Crippen LogP contribution in [0.1, 0.15) is 0 Å². The summed E-state index contributed by atoms with van der Waals surface area (Å²) in [6.45, 7) is 0. The van der Waals surface area contributed by atoms with Gasteiger partial charge >= 0.3 is 0 Å². The van der Waals surface area contributed by atoms with Crippen molar-refractivity contribution in [3.63, 3.8) is 0 Å². The molecule has 0 atom stereocenters. The van der Waals surface area contributed by atoms with E-state index in [-0.39, 0.29) is 80.5 Å². The first-order chi connectivity index (χ1) is 35.8. The van der Waals surface area contributed by atoms with E-state index in [4.69, 9.17) is 116 Å². The maximum Gasteiger partial charge on any atom is 0.200 e. The Balaban J connectivity index is 0.000000428. The number of aromatic hydroxyl groups is 16. The van der Waals surface area contributed by atoms with Gasteiger partial charge in [-0.15, -0.1) is 0 Å². The molecule has 9 aromatic rings. The Labute approximate surface area is 435 Å². The first kappa shape index (κ1) is 62.6. The van der Waals surface area contributed by atoms with Crippen LogP contribution in [-0.2, 0) is 0 Å². The second-order valence-electron chi connectivity index (χ2n) is 14.6. The number of hydrogen-bond donors (Lipinski definition) is 22. The molecule has 0 radical (unpaired) electrons. The standard InChI is InChI=1S/2C6H9N3.3C6H6O3.3C6H6O2.C6H6O/c7-4-1-2-5(8)6(9)3-4;7-4-2-1-3-5(8)6(4)9;7-4-1-5(8)3-6(9)2-4;7-4-1-2-5(8)6(9)3-4;7-4-2-1-3-5(8)6(4)9;7-5-1-2-6(8)4-3-5;7-5-2-1-3-6(8)4-5;7-5-3-1-2-4-6(5)8;7-6-4-2-1-3-5-6/h2*1-3H,7-9H2;3*1-3,7-9H;3*1-4,7-8H;1-5,7H. The van der Waals surface area contributed by atoms with E-state index in [1.807, 2.05) is 6.07 Å². The average Bonchev–Trinajstić information content (AvgIpc) is 3.36. The molecule has 0 heterocycles. The smallest absolute Gasteiger partial charge is 0.200 e. The number of anilines is 6. The van der Waals surface area contributed by atoms with E-state index < -0.39 is 5.75 Å². The number of benzene rings is 9. The third-order valence-electron chi connectivity index (χ3n) is 8.44. The molecule has 0 aromatic heterocycles. The number of hydrogen-bond acceptors (Lipinski definition) is 22. The highest BCUT2D eigenvalue weighted by atomic mass is 16.3. The molecule has 0 saturated carbocycles. The van der Waals surface area contributed by atoms with Crippen molar-refractivity contribution < 1.29 is 81.7 Å². The lowest BCUT2D eigenvalue weighted by Crippen LogP contribution is -1.98. The van der Waals surface area contributed by atoms with E-state index in [0.29, 0.717) is 39.9 Å². The Hall–Kier alpha value is -11.4. The van der Waals surface area contributed by atoms with Gasteiger partial charge in [-0.1, -0.05) is 48.5 Å². The lowest BCUT2D eigenvalue weighted by atomic mass is 10.2. The summed E-state index contributed by atoms with van der Waals surface area (Å²) in [6.07, 6.45) is 0. The second kappa shape index (κ2) is 33.2. The van der Waals surface area contributed by atoms with Gasteiger partial charge in [0.2, 0.25) is 0 Å². The maximum atomic E-state index is 8.71. The summed E-state index contributed by atoms with van der Waals surface area (Å²) in [4.78, 5) is 0. The van der Waals surface area contributed by atoms with E-state index >= 15 is 0 Å². The van der Waals surface area contributed by atoms with Crippen LogP contribution in [-0.4, -0.2) is 81.7 Å². The third-order valence-corrected chi connectivity index (χ3v) is 8.44. The van der Waals surface area contributed by atoms with Gasteiger partial charge in [-0.3, -0.25) is 0 Å². The highest BCUT2D eigenvalue weighted by Crippen LogP contribution is 2.33. The Morgan fingerprint density at radius 1 is 0.197 bits per heavy atom. The lowest BCUT2D eigenvalue weighted by Gasteiger charge is -2.00. The monoisotopic (exact) mass is 1050 g/mol. The van der Waals surface area contributed by atoms with E-state index in [9.17, 15) is 0 Å². The molecule has 28 N–H and O–H groups in total. The number of para-hydroxylation sites is 5. The fourth-order valence-electron chi connectivity index (χ4n) is 4.64. The van der Waals surface area contributed by atoms with Crippen LogP contribution in [0.15, 0.2) is 194 Å². The van der Waals surface area contributed by atoms with Crippen molar-refractivity contribution >= 4 is 34.1 Å². The Morgan fingerprint density at radius 3 is 0.842 bits per heavy atom. The minimum atomic E-state index is -0.475. The van der Waals surface area contributed by atoms with Crippen molar-refractivity contribution in [2.75, 3.05) is 34.4 Å².